The van der Waals surface area contributed by atoms with Gasteiger partial charge in [-0.1, -0.05) is 26.0 Å². The number of carbonyl (C=O) groups excluding carboxylic acids is 1. The number of non-ortho nitro benzene ring substituents is 1. The molecule has 1 fully saturated rings. The van der Waals surface area contributed by atoms with E-state index in [2.05, 4.69) is 15.5 Å². The maximum atomic E-state index is 12.3. The van der Waals surface area contributed by atoms with Crippen molar-refractivity contribution in [2.75, 3.05) is 26.2 Å². The molecular weight excluding hydrogens is 402 g/mol. The van der Waals surface area contributed by atoms with E-state index in [-0.39, 0.29) is 22.4 Å². The minimum atomic E-state index is -0.378. The Morgan fingerprint density at radius 2 is 2.00 bits per heavy atom. The standard InChI is InChI=1S/C21H25N5O3S/c1-14(2)20(27)24-9-7-23(8-10-24)13-18-19(22-21-25(18)12-15(3)30-21)16-5-4-6-17(11-16)26(28)29/h4-6,11-12,14H,7-10,13H2,1-3H3. The predicted molar refractivity (Wildman–Crippen MR) is 117 cm³/mol. The zero-order valence-corrected chi connectivity index (χ0v) is 18.2. The van der Waals surface area contributed by atoms with Crippen LogP contribution >= 0.6 is 11.3 Å². The van der Waals surface area contributed by atoms with Gasteiger partial charge < -0.3 is 4.90 Å². The molecule has 0 bridgehead atoms. The van der Waals surface area contributed by atoms with Crippen LogP contribution in [0, 0.1) is 23.0 Å². The number of nitro groups is 1. The Morgan fingerprint density at radius 3 is 2.67 bits per heavy atom. The van der Waals surface area contributed by atoms with Crippen molar-refractivity contribution in [2.24, 2.45) is 5.92 Å². The highest BCUT2D eigenvalue weighted by molar-refractivity contribution is 7.17. The van der Waals surface area contributed by atoms with Crippen molar-refractivity contribution in [2.45, 2.75) is 27.3 Å². The van der Waals surface area contributed by atoms with E-state index in [4.69, 9.17) is 4.98 Å². The van der Waals surface area contributed by atoms with Crippen molar-refractivity contribution in [1.82, 2.24) is 19.2 Å². The summed E-state index contributed by atoms with van der Waals surface area (Å²) in [4.78, 5) is 34.2. The molecule has 0 saturated carbocycles. The fourth-order valence-electron chi connectivity index (χ4n) is 3.85. The average molecular weight is 428 g/mol. The van der Waals surface area contributed by atoms with E-state index in [0.717, 1.165) is 39.9 Å². The molecule has 2 aromatic heterocycles. The van der Waals surface area contributed by atoms with E-state index < -0.39 is 0 Å². The fraction of sp³-hybridized carbons (Fsp3) is 0.429. The highest BCUT2D eigenvalue weighted by Gasteiger charge is 2.25. The van der Waals surface area contributed by atoms with Crippen LogP contribution < -0.4 is 0 Å². The molecule has 3 aromatic rings. The van der Waals surface area contributed by atoms with Gasteiger partial charge in [-0.05, 0) is 6.92 Å². The first kappa shape index (κ1) is 20.5. The van der Waals surface area contributed by atoms with Crippen LogP contribution in [0.15, 0.2) is 30.5 Å². The molecule has 1 aromatic carbocycles. The van der Waals surface area contributed by atoms with Crippen LogP contribution in [0.5, 0.6) is 0 Å². The number of fused-ring (bicyclic) bond motifs is 1. The predicted octanol–water partition coefficient (Wildman–Crippen LogP) is 3.58. The Hall–Kier alpha value is -2.78. The highest BCUT2D eigenvalue weighted by atomic mass is 32.1. The smallest absolute Gasteiger partial charge is 0.270 e. The zero-order valence-electron chi connectivity index (χ0n) is 17.4. The quantitative estimate of drug-likeness (QED) is 0.459. The molecule has 8 nitrogen and oxygen atoms in total. The van der Waals surface area contributed by atoms with Crippen molar-refractivity contribution in [3.8, 4) is 11.3 Å². The molecule has 0 radical (unpaired) electrons. The third-order valence-corrected chi connectivity index (χ3v) is 6.32. The van der Waals surface area contributed by atoms with E-state index >= 15 is 0 Å². The second-order valence-electron chi connectivity index (χ2n) is 7.97. The van der Waals surface area contributed by atoms with Crippen molar-refractivity contribution in [3.05, 3.63) is 51.1 Å². The van der Waals surface area contributed by atoms with E-state index in [0.29, 0.717) is 19.6 Å². The number of aromatic nitrogens is 2. The van der Waals surface area contributed by atoms with Crippen LogP contribution in [0.1, 0.15) is 24.4 Å². The van der Waals surface area contributed by atoms with Crippen molar-refractivity contribution < 1.29 is 9.72 Å². The number of benzene rings is 1. The van der Waals surface area contributed by atoms with Crippen LogP contribution in [0.2, 0.25) is 0 Å². The maximum absolute atomic E-state index is 12.3. The number of amides is 1. The second kappa shape index (κ2) is 8.16. The summed E-state index contributed by atoms with van der Waals surface area (Å²) in [6.07, 6.45) is 2.07. The van der Waals surface area contributed by atoms with E-state index in [1.165, 1.54) is 6.07 Å². The first-order valence-electron chi connectivity index (χ1n) is 10.1. The Kier molecular flexibility index (Phi) is 5.57. The number of nitro benzene ring substituents is 1. The maximum Gasteiger partial charge on any atom is 0.270 e. The third kappa shape index (κ3) is 3.95. The highest BCUT2D eigenvalue weighted by Crippen LogP contribution is 2.31. The number of hydrogen-bond acceptors (Lipinski definition) is 6. The van der Waals surface area contributed by atoms with Crippen molar-refractivity contribution >= 4 is 27.9 Å². The molecule has 1 amide bonds. The van der Waals surface area contributed by atoms with Gasteiger partial charge >= 0.3 is 0 Å². The van der Waals surface area contributed by atoms with Gasteiger partial charge in [-0.15, -0.1) is 11.3 Å². The molecule has 158 valence electrons. The number of piperazine rings is 1. The molecule has 0 spiro atoms. The molecule has 0 N–H and O–H groups in total. The molecule has 4 rings (SSSR count). The number of imidazole rings is 1. The molecule has 0 aliphatic carbocycles. The van der Waals surface area contributed by atoms with E-state index in [1.54, 1.807) is 23.5 Å². The van der Waals surface area contributed by atoms with Gasteiger partial charge in [0.05, 0.1) is 16.3 Å². The number of nitrogens with zero attached hydrogens (tertiary/aromatic N) is 5. The zero-order chi connectivity index (χ0) is 21.4. The molecule has 0 atom stereocenters. The number of hydrogen-bond donors (Lipinski definition) is 0. The Morgan fingerprint density at radius 1 is 1.27 bits per heavy atom. The Bertz CT molecular complexity index is 1100. The monoisotopic (exact) mass is 427 g/mol. The SMILES string of the molecule is Cc1cn2c(CN3CCN(C(=O)C(C)C)CC3)c(-c3cccc([N+](=O)[O-])c3)nc2s1. The summed E-state index contributed by atoms with van der Waals surface area (Å²) in [5.74, 6) is 0.215. The molecule has 1 aliphatic heterocycles. The summed E-state index contributed by atoms with van der Waals surface area (Å²) in [6, 6.07) is 6.65. The molecule has 1 saturated heterocycles. The second-order valence-corrected chi connectivity index (χ2v) is 9.18. The summed E-state index contributed by atoms with van der Waals surface area (Å²) in [5, 5.41) is 11.2. The van der Waals surface area contributed by atoms with Crippen LogP contribution in [-0.2, 0) is 11.3 Å². The van der Waals surface area contributed by atoms with Gasteiger partial charge in [0.15, 0.2) is 4.96 Å². The lowest BCUT2D eigenvalue weighted by Crippen LogP contribution is -2.49. The largest absolute Gasteiger partial charge is 0.340 e. The lowest BCUT2D eigenvalue weighted by Gasteiger charge is -2.35. The molecule has 9 heteroatoms. The van der Waals surface area contributed by atoms with Gasteiger partial charge in [0.2, 0.25) is 5.91 Å². The molecular formula is C21H25N5O3S. The summed E-state index contributed by atoms with van der Waals surface area (Å²) in [5.41, 5.74) is 2.62. The molecule has 1 aliphatic rings. The number of carbonyl (C=O) groups is 1. The van der Waals surface area contributed by atoms with Crippen molar-refractivity contribution in [1.29, 1.82) is 0 Å². The molecule has 3 heterocycles. The first-order chi connectivity index (χ1) is 14.3. The summed E-state index contributed by atoms with van der Waals surface area (Å²) in [7, 11) is 0. The van der Waals surface area contributed by atoms with Crippen LogP contribution in [-0.4, -0.2) is 56.2 Å². The number of aryl methyl sites for hydroxylation is 1. The lowest BCUT2D eigenvalue weighted by molar-refractivity contribution is -0.384. The molecule has 0 unspecified atom stereocenters. The van der Waals surface area contributed by atoms with E-state index in [9.17, 15) is 14.9 Å². The van der Waals surface area contributed by atoms with Gasteiger partial charge in [-0.2, -0.15) is 0 Å². The van der Waals surface area contributed by atoms with Gasteiger partial charge in [-0.25, -0.2) is 4.98 Å². The minimum absolute atomic E-state index is 0.0141. The van der Waals surface area contributed by atoms with Gasteiger partial charge in [0.25, 0.3) is 5.69 Å². The van der Waals surface area contributed by atoms with Gasteiger partial charge in [0, 0.05) is 67.4 Å². The van der Waals surface area contributed by atoms with Crippen molar-refractivity contribution in [3.63, 3.8) is 0 Å². The fourth-order valence-corrected chi connectivity index (χ4v) is 4.70. The van der Waals surface area contributed by atoms with Crippen LogP contribution in [0.3, 0.4) is 0 Å². The number of rotatable bonds is 5. The number of thiazole rings is 1. The summed E-state index contributed by atoms with van der Waals surface area (Å²) < 4.78 is 2.10. The normalized spacial score (nSPS) is 15.3. The Balaban J connectivity index is 1.62. The van der Waals surface area contributed by atoms with E-state index in [1.807, 2.05) is 31.7 Å². The molecule has 30 heavy (non-hydrogen) atoms. The van der Waals surface area contributed by atoms with Gasteiger partial charge in [-0.3, -0.25) is 24.2 Å². The van der Waals surface area contributed by atoms with Gasteiger partial charge in [0.1, 0.15) is 0 Å². The lowest BCUT2D eigenvalue weighted by atomic mass is 10.1. The third-order valence-electron chi connectivity index (χ3n) is 5.42. The summed E-state index contributed by atoms with van der Waals surface area (Å²) in [6.45, 7) is 9.61. The van der Waals surface area contributed by atoms with Crippen LogP contribution in [0.4, 0.5) is 5.69 Å². The Labute approximate surface area is 178 Å². The van der Waals surface area contributed by atoms with Crippen LogP contribution in [0.25, 0.3) is 16.2 Å². The minimum Gasteiger partial charge on any atom is -0.340 e. The summed E-state index contributed by atoms with van der Waals surface area (Å²) >= 11 is 1.61. The topological polar surface area (TPSA) is 84.0 Å². The average Bonchev–Trinajstić information content (AvgIpc) is 3.25. The first-order valence-corrected chi connectivity index (χ1v) is 10.9.